The molecule has 2 aromatic rings. The van der Waals surface area contributed by atoms with Gasteiger partial charge >= 0.3 is 0 Å². The van der Waals surface area contributed by atoms with Gasteiger partial charge in [-0.25, -0.2) is 0 Å². The fourth-order valence-corrected chi connectivity index (χ4v) is 2.75. The van der Waals surface area contributed by atoms with Crippen molar-refractivity contribution in [2.24, 2.45) is 5.73 Å². The van der Waals surface area contributed by atoms with Crippen LogP contribution in [0.5, 0.6) is 0 Å². The van der Waals surface area contributed by atoms with Crippen LogP contribution in [0.1, 0.15) is 22.3 Å². The average Bonchev–Trinajstić information content (AvgIpc) is 2.59. The fourth-order valence-electron chi connectivity index (χ4n) is 2.16. The van der Waals surface area contributed by atoms with Crippen LogP contribution in [-0.4, -0.2) is 11.1 Å². The van der Waals surface area contributed by atoms with Crippen molar-refractivity contribution in [1.82, 2.24) is 5.32 Å². The lowest BCUT2D eigenvalue weighted by Gasteiger charge is -2.10. The van der Waals surface area contributed by atoms with E-state index in [1.54, 1.807) is 12.1 Å². The Morgan fingerprint density at radius 3 is 2.46 bits per heavy atom. The van der Waals surface area contributed by atoms with Crippen LogP contribution < -0.4 is 11.1 Å². The lowest BCUT2D eigenvalue weighted by Crippen LogP contribution is -2.25. The first-order valence-electron chi connectivity index (χ1n) is 7.38. The van der Waals surface area contributed by atoms with E-state index in [2.05, 4.69) is 11.4 Å². The second kappa shape index (κ2) is 8.75. The number of carbonyl (C=O) groups excluding carboxylic acids is 1. The molecule has 0 aliphatic carbocycles. The predicted octanol–water partition coefficient (Wildman–Crippen LogP) is 2.54. The topological polar surface area (TPSA) is 103 Å². The van der Waals surface area contributed by atoms with E-state index in [4.69, 9.17) is 16.4 Å². The lowest BCUT2D eigenvalue weighted by molar-refractivity contribution is -0.120. The molecule has 2 aromatic carbocycles. The summed E-state index contributed by atoms with van der Waals surface area (Å²) in [5.74, 6) is 0.508. The highest BCUT2D eigenvalue weighted by atomic mass is 32.2. The zero-order valence-corrected chi connectivity index (χ0v) is 13.9. The molecule has 0 spiro atoms. The third-order valence-corrected chi connectivity index (χ3v) is 4.19. The summed E-state index contributed by atoms with van der Waals surface area (Å²) in [6, 6.07) is 16.9. The number of nitrogens with one attached hydrogen (secondary N) is 2. The number of nitrogens with two attached hydrogens (primary N) is 1. The summed E-state index contributed by atoms with van der Waals surface area (Å²) in [4.78, 5) is 12.2. The smallest absolute Gasteiger partial charge is 0.224 e. The molecule has 0 saturated heterocycles. The summed E-state index contributed by atoms with van der Waals surface area (Å²) in [6.45, 7) is 0.426. The Hall–Kier alpha value is -2.78. The van der Waals surface area contributed by atoms with Gasteiger partial charge in [0.1, 0.15) is 0 Å². The Bertz CT molecular complexity index is 765. The highest BCUT2D eigenvalue weighted by molar-refractivity contribution is 8.13. The van der Waals surface area contributed by atoms with E-state index >= 15 is 0 Å². The fraction of sp³-hybridized carbons (Fsp3) is 0.167. The minimum absolute atomic E-state index is 0.0649. The SMILES string of the molecule is N#Cc1ccc(CNC(=O)Cc2ccccc2CSC(=N)N)cc1. The Kier molecular flexibility index (Phi) is 6.41. The van der Waals surface area contributed by atoms with Crippen molar-refractivity contribution < 1.29 is 4.79 Å². The van der Waals surface area contributed by atoms with E-state index in [1.807, 2.05) is 36.4 Å². The van der Waals surface area contributed by atoms with Crippen LogP contribution in [-0.2, 0) is 23.5 Å². The zero-order valence-electron chi connectivity index (χ0n) is 13.1. The van der Waals surface area contributed by atoms with Crippen molar-refractivity contribution >= 4 is 22.8 Å². The van der Waals surface area contributed by atoms with Crippen molar-refractivity contribution in [2.45, 2.75) is 18.7 Å². The maximum absolute atomic E-state index is 12.2. The third kappa shape index (κ3) is 5.45. The summed E-state index contributed by atoms with van der Waals surface area (Å²) in [5, 5.41) is 19.0. The first kappa shape index (κ1) is 17.6. The molecule has 0 atom stereocenters. The molecule has 0 saturated carbocycles. The quantitative estimate of drug-likeness (QED) is 0.556. The largest absolute Gasteiger partial charge is 0.379 e. The molecule has 4 N–H and O–H groups in total. The number of carbonyl (C=O) groups is 1. The van der Waals surface area contributed by atoms with E-state index < -0.39 is 0 Å². The van der Waals surface area contributed by atoms with E-state index in [-0.39, 0.29) is 17.5 Å². The van der Waals surface area contributed by atoms with Crippen LogP contribution in [0.4, 0.5) is 0 Å². The van der Waals surface area contributed by atoms with E-state index in [0.29, 0.717) is 17.9 Å². The monoisotopic (exact) mass is 338 g/mol. The van der Waals surface area contributed by atoms with Crippen molar-refractivity contribution in [3.8, 4) is 6.07 Å². The predicted molar refractivity (Wildman–Crippen MR) is 96.4 cm³/mol. The van der Waals surface area contributed by atoms with Crippen LogP contribution in [0.15, 0.2) is 48.5 Å². The molecule has 0 aliphatic rings. The summed E-state index contributed by atoms with van der Waals surface area (Å²) in [5.41, 5.74) is 8.86. The summed E-state index contributed by atoms with van der Waals surface area (Å²) in [7, 11) is 0. The Labute approximate surface area is 145 Å². The summed E-state index contributed by atoms with van der Waals surface area (Å²) >= 11 is 1.24. The van der Waals surface area contributed by atoms with Crippen molar-refractivity contribution in [2.75, 3.05) is 0 Å². The number of hydrogen-bond donors (Lipinski definition) is 3. The number of amidine groups is 1. The molecule has 2 rings (SSSR count). The Balaban J connectivity index is 1.92. The Morgan fingerprint density at radius 1 is 1.17 bits per heavy atom. The van der Waals surface area contributed by atoms with Crippen LogP contribution in [0.3, 0.4) is 0 Å². The molecule has 0 unspecified atom stereocenters. The number of rotatable bonds is 6. The third-order valence-electron chi connectivity index (χ3n) is 3.43. The highest BCUT2D eigenvalue weighted by Gasteiger charge is 2.08. The van der Waals surface area contributed by atoms with Crippen LogP contribution in [0, 0.1) is 16.7 Å². The second-order valence-corrected chi connectivity index (χ2v) is 6.20. The number of nitrogens with zero attached hydrogens (tertiary/aromatic N) is 1. The van der Waals surface area contributed by atoms with Gasteiger partial charge in [0.2, 0.25) is 5.91 Å². The van der Waals surface area contributed by atoms with Gasteiger partial charge in [-0.1, -0.05) is 48.2 Å². The number of amides is 1. The van der Waals surface area contributed by atoms with Gasteiger partial charge in [-0.05, 0) is 28.8 Å². The number of benzene rings is 2. The molecule has 24 heavy (non-hydrogen) atoms. The summed E-state index contributed by atoms with van der Waals surface area (Å²) < 4.78 is 0. The number of nitriles is 1. The molecule has 0 bridgehead atoms. The molecule has 6 heteroatoms. The molecular weight excluding hydrogens is 320 g/mol. The first-order valence-corrected chi connectivity index (χ1v) is 8.36. The average molecular weight is 338 g/mol. The highest BCUT2D eigenvalue weighted by Crippen LogP contribution is 2.17. The Morgan fingerprint density at radius 2 is 1.83 bits per heavy atom. The molecule has 0 aromatic heterocycles. The van der Waals surface area contributed by atoms with Gasteiger partial charge in [0.05, 0.1) is 18.1 Å². The van der Waals surface area contributed by atoms with Gasteiger partial charge < -0.3 is 11.1 Å². The number of thioether (sulfide) groups is 1. The normalized spacial score (nSPS) is 9.96. The number of hydrogen-bond acceptors (Lipinski definition) is 4. The maximum atomic E-state index is 12.2. The van der Waals surface area contributed by atoms with E-state index in [0.717, 1.165) is 16.7 Å². The summed E-state index contributed by atoms with van der Waals surface area (Å²) in [6.07, 6.45) is 0.283. The van der Waals surface area contributed by atoms with Gasteiger partial charge in [0.15, 0.2) is 5.17 Å². The van der Waals surface area contributed by atoms with Crippen LogP contribution in [0.2, 0.25) is 0 Å². The van der Waals surface area contributed by atoms with Crippen LogP contribution in [0.25, 0.3) is 0 Å². The van der Waals surface area contributed by atoms with Crippen molar-refractivity contribution in [3.63, 3.8) is 0 Å². The van der Waals surface area contributed by atoms with Gasteiger partial charge in [-0.15, -0.1) is 0 Å². The van der Waals surface area contributed by atoms with E-state index in [1.165, 1.54) is 11.8 Å². The molecule has 1 amide bonds. The molecule has 0 radical (unpaired) electrons. The first-order chi connectivity index (χ1) is 11.6. The van der Waals surface area contributed by atoms with Crippen molar-refractivity contribution in [3.05, 3.63) is 70.8 Å². The van der Waals surface area contributed by atoms with Gasteiger partial charge in [0.25, 0.3) is 0 Å². The van der Waals surface area contributed by atoms with E-state index in [9.17, 15) is 4.79 Å². The minimum atomic E-state index is -0.0698. The molecular formula is C18H18N4OS. The molecule has 0 heterocycles. The van der Waals surface area contributed by atoms with Gasteiger partial charge in [-0.2, -0.15) is 5.26 Å². The molecule has 5 nitrogen and oxygen atoms in total. The van der Waals surface area contributed by atoms with Crippen LogP contribution >= 0.6 is 11.8 Å². The maximum Gasteiger partial charge on any atom is 0.224 e. The van der Waals surface area contributed by atoms with Gasteiger partial charge in [-0.3, -0.25) is 10.2 Å². The zero-order chi connectivity index (χ0) is 17.4. The molecule has 122 valence electrons. The van der Waals surface area contributed by atoms with Gasteiger partial charge in [0, 0.05) is 12.3 Å². The standard InChI is InChI=1S/C18H18N4OS/c19-10-13-5-7-14(8-6-13)11-22-17(23)9-15-3-1-2-4-16(15)12-24-18(20)21/h1-8H,9,11-12H2,(H3,20,21)(H,22,23). The molecule has 0 fully saturated rings. The lowest BCUT2D eigenvalue weighted by atomic mass is 10.1. The second-order valence-electron chi connectivity index (χ2n) is 5.18. The minimum Gasteiger partial charge on any atom is -0.379 e. The molecule has 0 aliphatic heterocycles. The van der Waals surface area contributed by atoms with Crippen molar-refractivity contribution in [1.29, 1.82) is 10.7 Å².